The summed E-state index contributed by atoms with van der Waals surface area (Å²) in [7, 11) is -3.82. The number of aromatic nitrogens is 3. The molecule has 0 aliphatic carbocycles. The minimum atomic E-state index is -3.82. The van der Waals surface area contributed by atoms with Crippen molar-refractivity contribution in [1.82, 2.24) is 14.8 Å². The lowest BCUT2D eigenvalue weighted by molar-refractivity contribution is 0.0936. The van der Waals surface area contributed by atoms with Gasteiger partial charge in [-0.05, 0) is 36.4 Å². The molecule has 3 aromatic rings. The highest BCUT2D eigenvalue weighted by atomic mass is 32.2. The Balaban J connectivity index is 1.81. The quantitative estimate of drug-likeness (QED) is 0.711. The number of nitrogens with one attached hydrogen (secondary N) is 1. The van der Waals surface area contributed by atoms with E-state index >= 15 is 0 Å². The van der Waals surface area contributed by atoms with Crippen molar-refractivity contribution in [1.29, 1.82) is 0 Å². The maximum atomic E-state index is 13.7. The summed E-state index contributed by atoms with van der Waals surface area (Å²) in [4.78, 5) is 15.9. The molecule has 1 aromatic heterocycles. The summed E-state index contributed by atoms with van der Waals surface area (Å²) < 4.78 is 50.4. The van der Waals surface area contributed by atoms with E-state index in [0.29, 0.717) is 10.4 Å². The van der Waals surface area contributed by atoms with E-state index in [1.54, 1.807) is 0 Å². The third-order valence-corrected chi connectivity index (χ3v) is 4.24. The number of nitrogens with zero attached hydrogens (tertiary/aromatic N) is 3. The zero-order valence-corrected chi connectivity index (χ0v) is 13.7. The van der Waals surface area contributed by atoms with Crippen molar-refractivity contribution in [2.45, 2.75) is 4.90 Å². The van der Waals surface area contributed by atoms with Crippen molar-refractivity contribution >= 4 is 27.6 Å². The van der Waals surface area contributed by atoms with Crippen molar-refractivity contribution in [3.05, 3.63) is 66.0 Å². The van der Waals surface area contributed by atoms with Crippen LogP contribution in [0.2, 0.25) is 0 Å². The van der Waals surface area contributed by atoms with E-state index < -0.39 is 33.1 Å². The smallest absolute Gasteiger partial charge is 0.285 e. The molecule has 0 atom stereocenters. The number of anilines is 2. The topological polar surface area (TPSA) is 120 Å². The SMILES string of the molecule is NS(=O)(=O)c1ccc(Nc2ncn(C(=O)c3c(F)cccc3F)n2)cc1. The van der Waals surface area contributed by atoms with Gasteiger partial charge in [0.1, 0.15) is 23.5 Å². The summed E-state index contributed by atoms with van der Waals surface area (Å²) in [6.07, 6.45) is 0.995. The number of rotatable bonds is 4. The number of sulfonamides is 1. The first-order chi connectivity index (χ1) is 12.3. The molecule has 0 saturated carbocycles. The summed E-state index contributed by atoms with van der Waals surface area (Å²) in [6, 6.07) is 8.43. The maximum absolute atomic E-state index is 13.7. The Morgan fingerprint density at radius 2 is 1.69 bits per heavy atom. The van der Waals surface area contributed by atoms with Crippen LogP contribution in [0.4, 0.5) is 20.4 Å². The molecule has 0 amide bonds. The number of primary sulfonamides is 1. The summed E-state index contributed by atoms with van der Waals surface area (Å²) in [5.74, 6) is -3.08. The van der Waals surface area contributed by atoms with Gasteiger partial charge in [-0.1, -0.05) is 6.07 Å². The van der Waals surface area contributed by atoms with Gasteiger partial charge in [0.05, 0.1) is 4.90 Å². The summed E-state index contributed by atoms with van der Waals surface area (Å²) in [5.41, 5.74) is -0.332. The first-order valence-corrected chi connectivity index (χ1v) is 8.60. The number of benzene rings is 2. The van der Waals surface area contributed by atoms with Crippen LogP contribution >= 0.6 is 0 Å². The molecule has 8 nitrogen and oxygen atoms in total. The molecule has 0 radical (unpaired) electrons. The fraction of sp³-hybridized carbons (Fsp3) is 0. The molecule has 0 unspecified atom stereocenters. The highest BCUT2D eigenvalue weighted by Gasteiger charge is 2.20. The Morgan fingerprint density at radius 1 is 1.08 bits per heavy atom. The average molecular weight is 379 g/mol. The molecular formula is C15H11F2N5O3S. The van der Waals surface area contributed by atoms with Gasteiger partial charge in [-0.15, -0.1) is 5.10 Å². The molecule has 3 N–H and O–H groups in total. The number of halogens is 2. The predicted octanol–water partition coefficient (Wildman–Crippen LogP) is 1.64. The van der Waals surface area contributed by atoms with Crippen LogP contribution in [0, 0.1) is 11.6 Å². The highest BCUT2D eigenvalue weighted by Crippen LogP contribution is 2.17. The Morgan fingerprint density at radius 3 is 2.27 bits per heavy atom. The molecular weight excluding hydrogens is 368 g/mol. The lowest BCUT2D eigenvalue weighted by atomic mass is 10.2. The molecule has 1 heterocycles. The van der Waals surface area contributed by atoms with Gasteiger partial charge in [0.2, 0.25) is 16.0 Å². The molecule has 0 spiro atoms. The number of nitrogens with two attached hydrogens (primary N) is 1. The third kappa shape index (κ3) is 3.58. The van der Waals surface area contributed by atoms with E-state index in [1.807, 2.05) is 0 Å². The third-order valence-electron chi connectivity index (χ3n) is 3.32. The minimum absolute atomic E-state index is 0.0292. The second-order valence-corrected chi connectivity index (χ2v) is 6.67. The van der Waals surface area contributed by atoms with Crippen LogP contribution in [0.25, 0.3) is 0 Å². The van der Waals surface area contributed by atoms with Crippen molar-refractivity contribution in [3.8, 4) is 0 Å². The first-order valence-electron chi connectivity index (χ1n) is 7.06. The number of carbonyl (C=O) groups excluding carboxylic acids is 1. The van der Waals surface area contributed by atoms with E-state index in [2.05, 4.69) is 15.4 Å². The van der Waals surface area contributed by atoms with E-state index in [-0.39, 0.29) is 10.8 Å². The average Bonchev–Trinajstić information content (AvgIpc) is 3.03. The molecule has 0 saturated heterocycles. The Hall–Kier alpha value is -3.18. The molecule has 0 bridgehead atoms. The second-order valence-electron chi connectivity index (χ2n) is 5.11. The van der Waals surface area contributed by atoms with Crippen molar-refractivity contribution < 1.29 is 22.0 Å². The molecule has 0 fully saturated rings. The van der Waals surface area contributed by atoms with Gasteiger partial charge in [0.15, 0.2) is 0 Å². The number of hydrogen-bond donors (Lipinski definition) is 2. The second kappa shape index (κ2) is 6.61. The van der Waals surface area contributed by atoms with Crippen molar-refractivity contribution in [2.24, 2.45) is 5.14 Å². The lowest BCUT2D eigenvalue weighted by Crippen LogP contribution is -2.16. The zero-order valence-electron chi connectivity index (χ0n) is 12.9. The monoisotopic (exact) mass is 379 g/mol. The highest BCUT2D eigenvalue weighted by molar-refractivity contribution is 7.89. The lowest BCUT2D eigenvalue weighted by Gasteiger charge is -2.04. The van der Waals surface area contributed by atoms with Gasteiger partial charge in [-0.2, -0.15) is 9.67 Å². The number of carbonyl (C=O) groups is 1. The molecule has 3 rings (SSSR count). The first kappa shape index (κ1) is 17.6. The Labute approximate surface area is 146 Å². The van der Waals surface area contributed by atoms with Gasteiger partial charge < -0.3 is 5.32 Å². The molecule has 134 valence electrons. The maximum Gasteiger partial charge on any atom is 0.285 e. The van der Waals surface area contributed by atoms with Crippen LogP contribution in [-0.2, 0) is 10.0 Å². The Kier molecular flexibility index (Phi) is 4.49. The van der Waals surface area contributed by atoms with Gasteiger partial charge in [0, 0.05) is 5.69 Å². The van der Waals surface area contributed by atoms with Crippen LogP contribution in [0.3, 0.4) is 0 Å². The minimum Gasteiger partial charge on any atom is -0.323 e. The summed E-state index contributed by atoms with van der Waals surface area (Å²) in [6.45, 7) is 0. The van der Waals surface area contributed by atoms with Crippen LogP contribution < -0.4 is 10.5 Å². The molecule has 2 aromatic carbocycles. The fourth-order valence-corrected chi connectivity index (χ4v) is 2.61. The normalized spacial score (nSPS) is 11.3. The molecule has 11 heteroatoms. The molecule has 26 heavy (non-hydrogen) atoms. The van der Waals surface area contributed by atoms with E-state index in [0.717, 1.165) is 24.5 Å². The van der Waals surface area contributed by atoms with E-state index in [9.17, 15) is 22.0 Å². The van der Waals surface area contributed by atoms with Crippen LogP contribution in [0.5, 0.6) is 0 Å². The summed E-state index contributed by atoms with van der Waals surface area (Å²) >= 11 is 0. The van der Waals surface area contributed by atoms with Gasteiger partial charge in [-0.3, -0.25) is 4.79 Å². The summed E-state index contributed by atoms with van der Waals surface area (Å²) in [5, 5.41) is 11.5. The molecule has 0 aliphatic rings. The van der Waals surface area contributed by atoms with E-state index in [1.165, 1.54) is 24.3 Å². The van der Waals surface area contributed by atoms with Gasteiger partial charge in [0.25, 0.3) is 5.91 Å². The van der Waals surface area contributed by atoms with Crippen molar-refractivity contribution in [3.63, 3.8) is 0 Å². The predicted molar refractivity (Wildman–Crippen MR) is 87.2 cm³/mol. The fourth-order valence-electron chi connectivity index (χ4n) is 2.09. The van der Waals surface area contributed by atoms with Crippen LogP contribution in [0.1, 0.15) is 10.4 Å². The van der Waals surface area contributed by atoms with Crippen molar-refractivity contribution in [2.75, 3.05) is 5.32 Å². The van der Waals surface area contributed by atoms with Gasteiger partial charge in [-0.25, -0.2) is 22.3 Å². The standard InChI is InChI=1S/C15H11F2N5O3S/c16-11-2-1-3-12(17)13(11)14(23)22-8-19-15(21-22)20-9-4-6-10(7-5-9)26(18,24)25/h1-8H,(H,20,21)(H2,18,24,25). The number of hydrogen-bond acceptors (Lipinski definition) is 6. The van der Waals surface area contributed by atoms with Crippen LogP contribution in [0.15, 0.2) is 53.7 Å². The van der Waals surface area contributed by atoms with Crippen LogP contribution in [-0.4, -0.2) is 29.1 Å². The van der Waals surface area contributed by atoms with E-state index in [4.69, 9.17) is 5.14 Å². The molecule has 0 aliphatic heterocycles. The van der Waals surface area contributed by atoms with Gasteiger partial charge >= 0.3 is 0 Å². The zero-order chi connectivity index (χ0) is 18.9. The largest absolute Gasteiger partial charge is 0.323 e. The Bertz CT molecular complexity index is 1060.